The Labute approximate surface area is 269 Å². The molecule has 2 rings (SSSR count). The Morgan fingerprint density at radius 3 is 1.86 bits per heavy atom. The second-order valence-corrected chi connectivity index (χ2v) is 12.6. The Morgan fingerprint density at radius 2 is 1.39 bits per heavy atom. The van der Waals surface area contributed by atoms with Gasteiger partial charge in [0.15, 0.2) is 0 Å². The van der Waals surface area contributed by atoms with Crippen LogP contribution in [0, 0.1) is 23.7 Å². The number of rotatable bonds is 18. The van der Waals surface area contributed by atoms with E-state index in [0.29, 0.717) is 17.8 Å². The van der Waals surface area contributed by atoms with Gasteiger partial charge in [-0.2, -0.15) is 0 Å². The van der Waals surface area contributed by atoms with Gasteiger partial charge in [-0.05, 0) is 84.4 Å². The number of unbranched alkanes of at least 4 members (excludes halogenated alkanes) is 3. The van der Waals surface area contributed by atoms with Crippen molar-refractivity contribution >= 4 is 5.71 Å². The van der Waals surface area contributed by atoms with E-state index in [4.69, 9.17) is 9.73 Å². The minimum atomic E-state index is -4.68. The van der Waals surface area contributed by atoms with E-state index in [1.54, 1.807) is 12.1 Å². The van der Waals surface area contributed by atoms with Crippen molar-refractivity contribution in [2.24, 2.45) is 28.7 Å². The van der Waals surface area contributed by atoms with E-state index < -0.39 is 6.36 Å². The van der Waals surface area contributed by atoms with E-state index in [9.17, 15) is 13.2 Å². The summed E-state index contributed by atoms with van der Waals surface area (Å²) < 4.78 is 46.6. The van der Waals surface area contributed by atoms with Crippen molar-refractivity contribution in [3.05, 3.63) is 41.5 Å². The van der Waals surface area contributed by atoms with Crippen molar-refractivity contribution < 1.29 is 22.6 Å². The summed E-state index contributed by atoms with van der Waals surface area (Å²) in [5, 5.41) is 0. The van der Waals surface area contributed by atoms with Crippen LogP contribution >= 0.6 is 0 Å². The molecule has 4 unspecified atom stereocenters. The molecule has 0 amide bonds. The van der Waals surface area contributed by atoms with Crippen LogP contribution in [0.4, 0.5) is 13.2 Å². The lowest BCUT2D eigenvalue weighted by Crippen LogP contribution is -2.27. The van der Waals surface area contributed by atoms with Crippen molar-refractivity contribution in [2.75, 3.05) is 13.2 Å². The maximum absolute atomic E-state index is 12.4. The lowest BCUT2D eigenvalue weighted by molar-refractivity contribution is -0.274. The number of nitrogens with zero attached hydrogens (tertiary/aromatic N) is 1. The van der Waals surface area contributed by atoms with Gasteiger partial charge in [-0.25, -0.2) is 0 Å². The van der Waals surface area contributed by atoms with Gasteiger partial charge >= 0.3 is 6.36 Å². The molecule has 0 aliphatic carbocycles. The molecule has 0 radical (unpaired) electrons. The summed E-state index contributed by atoms with van der Waals surface area (Å²) in [7, 11) is 0. The van der Waals surface area contributed by atoms with Crippen LogP contribution in [-0.4, -0.2) is 31.3 Å². The van der Waals surface area contributed by atoms with Gasteiger partial charge in [-0.1, -0.05) is 121 Å². The number of halogens is 3. The summed E-state index contributed by atoms with van der Waals surface area (Å²) in [6.07, 6.45) is 11.1. The molecule has 0 saturated carbocycles. The number of ether oxygens (including phenoxy) is 2. The third-order valence-electron chi connectivity index (χ3n) is 8.34. The average molecular weight is 626 g/mol. The highest BCUT2D eigenvalue weighted by Crippen LogP contribution is 2.37. The molecule has 0 N–H and O–H groups in total. The number of benzene rings is 1. The molecule has 1 aromatic rings. The normalized spacial score (nSPS) is 16.6. The van der Waals surface area contributed by atoms with Gasteiger partial charge in [0, 0.05) is 13.2 Å². The van der Waals surface area contributed by atoms with E-state index in [-0.39, 0.29) is 11.8 Å². The molecule has 0 saturated heterocycles. The van der Waals surface area contributed by atoms with Crippen LogP contribution in [0.2, 0.25) is 0 Å². The average Bonchev–Trinajstić information content (AvgIpc) is 3.45. The summed E-state index contributed by atoms with van der Waals surface area (Å²) >= 11 is 0. The standard InChI is InChI=1S/C26H38F3NO.C8H18O.C4H10/c1-7-9-20(11-10-18(5)8-2)19(6)25-23(17(3)4)16-24(30-25)21-12-14-22(15-13-21)31-26(27,28)29;1-3-5-6-8-9-7-4-2;1-3-4-2/h12-20,25H,7-11H2,1-6H3;3-8H2,1-2H3;3-4H2,1-2H3. The van der Waals surface area contributed by atoms with Crippen LogP contribution in [0.1, 0.15) is 145 Å². The van der Waals surface area contributed by atoms with Gasteiger partial charge in [-0.15, -0.1) is 13.2 Å². The minimum absolute atomic E-state index is 0.134. The summed E-state index contributed by atoms with van der Waals surface area (Å²) in [5.41, 5.74) is 3.01. The SMILES string of the molecule is CCCC.CCCC(CCC(C)CC)C(C)C1N=C(c2ccc(OC(F)(F)F)cc2)C=C1C(C)C.CCCCCOCCC. The fraction of sp³-hybridized carbons (Fsp3) is 0.763. The van der Waals surface area contributed by atoms with Crippen LogP contribution in [0.25, 0.3) is 0 Å². The third-order valence-corrected chi connectivity index (χ3v) is 8.34. The molecule has 44 heavy (non-hydrogen) atoms. The first-order valence-corrected chi connectivity index (χ1v) is 17.6. The number of alkyl halides is 3. The van der Waals surface area contributed by atoms with Crippen molar-refractivity contribution in [1.82, 2.24) is 0 Å². The van der Waals surface area contributed by atoms with Crippen LogP contribution in [-0.2, 0) is 4.74 Å². The molecular weight excluding hydrogens is 559 g/mol. The van der Waals surface area contributed by atoms with Gasteiger partial charge in [-0.3, -0.25) is 4.99 Å². The molecule has 3 nitrogen and oxygen atoms in total. The first kappa shape index (κ1) is 42.2. The Balaban J connectivity index is 0.00000119. The summed E-state index contributed by atoms with van der Waals surface area (Å²) in [4.78, 5) is 5.08. The van der Waals surface area contributed by atoms with E-state index in [0.717, 1.165) is 36.8 Å². The maximum atomic E-state index is 12.4. The predicted octanol–water partition coefficient (Wildman–Crippen LogP) is 12.6. The highest BCUT2D eigenvalue weighted by molar-refractivity contribution is 6.10. The lowest BCUT2D eigenvalue weighted by Gasteiger charge is -2.31. The monoisotopic (exact) mass is 626 g/mol. The molecule has 0 spiro atoms. The second kappa shape index (κ2) is 24.4. The highest BCUT2D eigenvalue weighted by atomic mass is 19.4. The molecule has 1 aromatic carbocycles. The molecule has 0 bridgehead atoms. The lowest BCUT2D eigenvalue weighted by atomic mass is 9.77. The topological polar surface area (TPSA) is 30.8 Å². The third kappa shape index (κ3) is 18.2. The van der Waals surface area contributed by atoms with Gasteiger partial charge < -0.3 is 9.47 Å². The molecule has 4 atom stereocenters. The molecule has 0 fully saturated rings. The first-order chi connectivity index (χ1) is 20.9. The molecule has 1 aliphatic heterocycles. The van der Waals surface area contributed by atoms with E-state index in [2.05, 4.69) is 80.1 Å². The number of allylic oxidation sites excluding steroid dienone is 1. The van der Waals surface area contributed by atoms with E-state index >= 15 is 0 Å². The fourth-order valence-electron chi connectivity index (χ4n) is 5.12. The summed E-state index contributed by atoms with van der Waals surface area (Å²) in [6, 6.07) is 6.17. The zero-order chi connectivity index (χ0) is 33.5. The summed E-state index contributed by atoms with van der Waals surface area (Å²) in [6.45, 7) is 24.1. The molecular formula is C38H66F3NO2. The van der Waals surface area contributed by atoms with Crippen molar-refractivity contribution in [2.45, 2.75) is 152 Å². The molecule has 1 heterocycles. The van der Waals surface area contributed by atoms with Crippen LogP contribution in [0.5, 0.6) is 5.75 Å². The van der Waals surface area contributed by atoms with Crippen LogP contribution < -0.4 is 4.74 Å². The Hall–Kier alpha value is -1.82. The molecule has 0 aromatic heterocycles. The van der Waals surface area contributed by atoms with Gasteiger partial charge in [0.2, 0.25) is 0 Å². The molecule has 6 heteroatoms. The minimum Gasteiger partial charge on any atom is -0.406 e. The fourth-order valence-corrected chi connectivity index (χ4v) is 5.12. The Morgan fingerprint density at radius 1 is 0.750 bits per heavy atom. The Kier molecular flexibility index (Phi) is 23.4. The predicted molar refractivity (Wildman–Crippen MR) is 184 cm³/mol. The van der Waals surface area contributed by atoms with Gasteiger partial charge in [0.05, 0.1) is 11.8 Å². The smallest absolute Gasteiger partial charge is 0.406 e. The Bertz CT molecular complexity index is 884. The first-order valence-electron chi connectivity index (χ1n) is 17.6. The van der Waals surface area contributed by atoms with Crippen LogP contribution in [0.15, 0.2) is 40.9 Å². The molecule has 1 aliphatic rings. The number of hydrogen-bond donors (Lipinski definition) is 0. The zero-order valence-corrected chi connectivity index (χ0v) is 29.9. The van der Waals surface area contributed by atoms with Gasteiger partial charge in [0.25, 0.3) is 0 Å². The van der Waals surface area contributed by atoms with Crippen LogP contribution in [0.3, 0.4) is 0 Å². The maximum Gasteiger partial charge on any atom is 0.573 e. The van der Waals surface area contributed by atoms with Crippen molar-refractivity contribution in [1.29, 1.82) is 0 Å². The van der Waals surface area contributed by atoms with Gasteiger partial charge in [0.1, 0.15) is 5.75 Å². The van der Waals surface area contributed by atoms with E-state index in [1.807, 2.05) is 0 Å². The molecule has 256 valence electrons. The number of hydrogen-bond acceptors (Lipinski definition) is 3. The zero-order valence-electron chi connectivity index (χ0n) is 29.9. The summed E-state index contributed by atoms with van der Waals surface area (Å²) in [5.74, 6) is 1.96. The number of aliphatic imine (C=N–C) groups is 1. The van der Waals surface area contributed by atoms with E-state index in [1.165, 1.54) is 81.9 Å². The van der Waals surface area contributed by atoms with Crippen molar-refractivity contribution in [3.63, 3.8) is 0 Å². The van der Waals surface area contributed by atoms with Crippen molar-refractivity contribution in [3.8, 4) is 5.75 Å². The highest BCUT2D eigenvalue weighted by Gasteiger charge is 2.33. The quantitative estimate of drug-likeness (QED) is 0.152. The largest absolute Gasteiger partial charge is 0.573 e. The second-order valence-electron chi connectivity index (χ2n) is 12.6.